The van der Waals surface area contributed by atoms with Crippen LogP contribution in [-0.2, 0) is 0 Å². The summed E-state index contributed by atoms with van der Waals surface area (Å²) >= 11 is 3.93. The van der Waals surface area contributed by atoms with Crippen LogP contribution in [0, 0.1) is 0 Å². The summed E-state index contributed by atoms with van der Waals surface area (Å²) in [5.41, 5.74) is 2.66. The Labute approximate surface area is 145 Å². The summed E-state index contributed by atoms with van der Waals surface area (Å²) < 4.78 is 0.505. The van der Waals surface area contributed by atoms with Crippen LogP contribution in [-0.4, -0.2) is 36.5 Å². The van der Waals surface area contributed by atoms with Crippen LogP contribution in [0.5, 0.6) is 0 Å². The summed E-state index contributed by atoms with van der Waals surface area (Å²) in [4.78, 5) is 18.6. The summed E-state index contributed by atoms with van der Waals surface area (Å²) in [6.45, 7) is 0. The van der Waals surface area contributed by atoms with Gasteiger partial charge in [0.05, 0.1) is 10.3 Å². The molecular weight excluding hydrogens is 326 g/mol. The van der Waals surface area contributed by atoms with Crippen molar-refractivity contribution in [2.45, 2.75) is 4.58 Å². The van der Waals surface area contributed by atoms with E-state index in [4.69, 9.17) is 0 Å². The van der Waals surface area contributed by atoms with Crippen LogP contribution in [0.25, 0.3) is 0 Å². The Morgan fingerprint density at radius 1 is 1.17 bits per heavy atom. The molecule has 0 bridgehead atoms. The number of pyridine rings is 1. The highest BCUT2D eigenvalue weighted by Crippen LogP contribution is 2.45. The number of thioether (sulfide) groups is 2. The second kappa shape index (κ2) is 7.27. The van der Waals surface area contributed by atoms with E-state index in [9.17, 15) is 4.79 Å². The fourth-order valence-corrected chi connectivity index (χ4v) is 5.25. The van der Waals surface area contributed by atoms with Crippen LogP contribution >= 0.6 is 23.5 Å². The van der Waals surface area contributed by atoms with Gasteiger partial charge in [0.1, 0.15) is 0 Å². The lowest BCUT2D eigenvalue weighted by Crippen LogP contribution is -2.17. The fourth-order valence-electron chi connectivity index (χ4n) is 2.39. The molecule has 0 radical (unpaired) electrons. The van der Waals surface area contributed by atoms with E-state index >= 15 is 0 Å². The topological polar surface area (TPSA) is 45.2 Å². The standard InChI is InChI=1S/C17H19N3OS2/c1-20(2)15-14(4-3-9-18-15)19-16(21)12-5-7-13(8-6-12)17-22-10-11-23-17/h3-9,17H,10-11H2,1-2H3,(H,19,21). The smallest absolute Gasteiger partial charge is 0.255 e. The molecule has 0 saturated carbocycles. The zero-order chi connectivity index (χ0) is 16.2. The minimum atomic E-state index is -0.112. The predicted molar refractivity (Wildman–Crippen MR) is 101 cm³/mol. The third-order valence-electron chi connectivity index (χ3n) is 3.53. The summed E-state index contributed by atoms with van der Waals surface area (Å²) in [5.74, 6) is 3.04. The molecule has 1 aromatic heterocycles. The van der Waals surface area contributed by atoms with E-state index in [2.05, 4.69) is 22.4 Å². The van der Waals surface area contributed by atoms with Gasteiger partial charge in [-0.05, 0) is 29.8 Å². The Hall–Kier alpha value is -1.66. The van der Waals surface area contributed by atoms with E-state index in [1.165, 1.54) is 17.1 Å². The zero-order valence-corrected chi connectivity index (χ0v) is 14.8. The first-order valence-electron chi connectivity index (χ1n) is 7.42. The number of carbonyl (C=O) groups excluding carboxylic acids is 1. The lowest BCUT2D eigenvalue weighted by molar-refractivity contribution is 0.102. The molecule has 2 heterocycles. The highest BCUT2D eigenvalue weighted by atomic mass is 32.2. The van der Waals surface area contributed by atoms with Gasteiger partial charge in [0.15, 0.2) is 5.82 Å². The van der Waals surface area contributed by atoms with Crippen LogP contribution < -0.4 is 10.2 Å². The molecule has 0 unspecified atom stereocenters. The first kappa shape index (κ1) is 16.2. The van der Waals surface area contributed by atoms with Crippen molar-refractivity contribution in [3.63, 3.8) is 0 Å². The number of hydrogen-bond donors (Lipinski definition) is 1. The van der Waals surface area contributed by atoms with E-state index in [0.29, 0.717) is 15.8 Å². The van der Waals surface area contributed by atoms with Gasteiger partial charge in [-0.25, -0.2) is 4.98 Å². The molecule has 1 amide bonds. The number of anilines is 2. The number of rotatable bonds is 4. The number of hydrogen-bond acceptors (Lipinski definition) is 5. The highest BCUT2D eigenvalue weighted by molar-refractivity contribution is 8.19. The molecule has 1 saturated heterocycles. The second-order valence-corrected chi connectivity index (χ2v) is 8.14. The third kappa shape index (κ3) is 3.82. The highest BCUT2D eigenvalue weighted by Gasteiger charge is 2.18. The molecule has 1 aromatic carbocycles. The van der Waals surface area contributed by atoms with E-state index in [-0.39, 0.29) is 5.91 Å². The van der Waals surface area contributed by atoms with Gasteiger partial charge in [-0.3, -0.25) is 4.79 Å². The molecule has 23 heavy (non-hydrogen) atoms. The molecule has 0 atom stereocenters. The van der Waals surface area contributed by atoms with Crippen molar-refractivity contribution >= 4 is 40.9 Å². The average molecular weight is 345 g/mol. The summed E-state index contributed by atoms with van der Waals surface area (Å²) in [5, 5.41) is 2.94. The SMILES string of the molecule is CN(C)c1ncccc1NC(=O)c1ccc(C2SCCS2)cc1. The van der Waals surface area contributed by atoms with E-state index in [1.807, 2.05) is 66.8 Å². The number of benzene rings is 1. The summed E-state index contributed by atoms with van der Waals surface area (Å²) in [6, 6.07) is 11.6. The van der Waals surface area contributed by atoms with Crippen molar-refractivity contribution < 1.29 is 4.79 Å². The van der Waals surface area contributed by atoms with Gasteiger partial charge in [-0.2, -0.15) is 0 Å². The molecule has 1 aliphatic heterocycles. The molecule has 4 nitrogen and oxygen atoms in total. The number of nitrogens with zero attached hydrogens (tertiary/aromatic N) is 2. The monoisotopic (exact) mass is 345 g/mol. The lowest BCUT2D eigenvalue weighted by atomic mass is 10.1. The quantitative estimate of drug-likeness (QED) is 0.911. The maximum atomic E-state index is 12.5. The molecule has 1 N–H and O–H groups in total. The molecule has 120 valence electrons. The first-order chi connectivity index (χ1) is 11.1. The molecule has 2 aromatic rings. The van der Waals surface area contributed by atoms with Crippen molar-refractivity contribution in [3.05, 3.63) is 53.7 Å². The predicted octanol–water partition coefficient (Wildman–Crippen LogP) is 3.88. The molecule has 1 aliphatic rings. The Bertz CT molecular complexity index is 682. The minimum Gasteiger partial charge on any atom is -0.361 e. The first-order valence-corrected chi connectivity index (χ1v) is 9.52. The van der Waals surface area contributed by atoms with Crippen LogP contribution in [0.1, 0.15) is 20.5 Å². The van der Waals surface area contributed by atoms with Gasteiger partial charge in [0, 0.05) is 37.4 Å². The summed E-state index contributed by atoms with van der Waals surface area (Å²) in [6.07, 6.45) is 1.72. The number of aromatic nitrogens is 1. The van der Waals surface area contributed by atoms with Gasteiger partial charge in [0.2, 0.25) is 0 Å². The van der Waals surface area contributed by atoms with E-state index < -0.39 is 0 Å². The third-order valence-corrected chi connectivity index (χ3v) is 6.63. The lowest BCUT2D eigenvalue weighted by Gasteiger charge is -2.16. The second-order valence-electron chi connectivity index (χ2n) is 5.42. The Balaban J connectivity index is 1.73. The molecule has 6 heteroatoms. The molecule has 3 rings (SSSR count). The van der Waals surface area contributed by atoms with Crippen molar-refractivity contribution in [2.75, 3.05) is 35.8 Å². The van der Waals surface area contributed by atoms with Gasteiger partial charge in [-0.15, -0.1) is 23.5 Å². The molecular formula is C17H19N3OS2. The molecule has 0 aliphatic carbocycles. The Morgan fingerprint density at radius 2 is 1.87 bits per heavy atom. The van der Waals surface area contributed by atoms with E-state index in [0.717, 1.165) is 5.82 Å². The maximum Gasteiger partial charge on any atom is 0.255 e. The van der Waals surface area contributed by atoms with Crippen molar-refractivity contribution in [1.29, 1.82) is 0 Å². The van der Waals surface area contributed by atoms with Gasteiger partial charge >= 0.3 is 0 Å². The fraction of sp³-hybridized carbons (Fsp3) is 0.294. The van der Waals surface area contributed by atoms with Crippen LogP contribution in [0.15, 0.2) is 42.6 Å². The zero-order valence-electron chi connectivity index (χ0n) is 13.2. The summed E-state index contributed by atoms with van der Waals surface area (Å²) in [7, 11) is 3.81. The number of amides is 1. The van der Waals surface area contributed by atoms with Gasteiger partial charge in [-0.1, -0.05) is 12.1 Å². The number of nitrogens with one attached hydrogen (secondary N) is 1. The Kier molecular flexibility index (Phi) is 5.13. The Morgan fingerprint density at radius 3 is 2.52 bits per heavy atom. The van der Waals surface area contributed by atoms with Crippen molar-refractivity contribution in [3.8, 4) is 0 Å². The van der Waals surface area contributed by atoms with Crippen LogP contribution in [0.4, 0.5) is 11.5 Å². The van der Waals surface area contributed by atoms with Crippen LogP contribution in [0.2, 0.25) is 0 Å². The van der Waals surface area contributed by atoms with E-state index in [1.54, 1.807) is 6.20 Å². The largest absolute Gasteiger partial charge is 0.361 e. The maximum absolute atomic E-state index is 12.5. The minimum absolute atomic E-state index is 0.112. The number of carbonyl (C=O) groups is 1. The normalized spacial score (nSPS) is 14.7. The molecule has 0 spiro atoms. The van der Waals surface area contributed by atoms with Crippen molar-refractivity contribution in [1.82, 2.24) is 4.98 Å². The van der Waals surface area contributed by atoms with Crippen molar-refractivity contribution in [2.24, 2.45) is 0 Å². The average Bonchev–Trinajstić information content (AvgIpc) is 3.10. The molecule has 1 fully saturated rings. The van der Waals surface area contributed by atoms with Crippen LogP contribution in [0.3, 0.4) is 0 Å². The van der Waals surface area contributed by atoms with Gasteiger partial charge in [0.25, 0.3) is 5.91 Å². The van der Waals surface area contributed by atoms with Gasteiger partial charge < -0.3 is 10.2 Å².